The van der Waals surface area contributed by atoms with Crippen LogP contribution in [0.15, 0.2) is 45.6 Å². The van der Waals surface area contributed by atoms with Crippen LogP contribution in [0.2, 0.25) is 0 Å². The molecule has 4 aliphatic heterocycles. The van der Waals surface area contributed by atoms with Gasteiger partial charge in [0.1, 0.15) is 5.03 Å². The molecular formula is C34H51ClN4O8. The molecule has 0 unspecified atom stereocenters. The molecule has 4 rings (SSSR count). The minimum atomic E-state index is -0.380. The van der Waals surface area contributed by atoms with E-state index < -0.39 is 0 Å². The Labute approximate surface area is 284 Å². The van der Waals surface area contributed by atoms with Gasteiger partial charge in [-0.1, -0.05) is 26.5 Å². The predicted molar refractivity (Wildman–Crippen MR) is 181 cm³/mol. The Bertz CT molecular complexity index is 1310. The maximum Gasteiger partial charge on any atom is 0.272 e. The van der Waals surface area contributed by atoms with Crippen molar-refractivity contribution in [1.29, 1.82) is 0 Å². The van der Waals surface area contributed by atoms with Crippen LogP contribution in [0.25, 0.3) is 0 Å². The Morgan fingerprint density at radius 1 is 0.447 bits per heavy atom. The fraction of sp³-hybridized carbons (Fsp3) is 0.529. The molecule has 8 amide bonds. The van der Waals surface area contributed by atoms with Gasteiger partial charge >= 0.3 is 0 Å². The van der Waals surface area contributed by atoms with E-state index in [1.165, 1.54) is 32.9 Å². The number of imide groups is 4. The van der Waals surface area contributed by atoms with Crippen molar-refractivity contribution in [2.45, 2.75) is 122 Å². The molecule has 0 atom stereocenters. The molecule has 0 saturated heterocycles. The van der Waals surface area contributed by atoms with Crippen LogP contribution in [0, 0.1) is 0 Å². The highest BCUT2D eigenvalue weighted by Crippen LogP contribution is 2.25. The van der Waals surface area contributed by atoms with Crippen molar-refractivity contribution in [3.63, 3.8) is 0 Å². The fourth-order valence-corrected chi connectivity index (χ4v) is 4.53. The number of hydrogen-bond acceptors (Lipinski definition) is 8. The molecule has 0 N–H and O–H groups in total. The van der Waals surface area contributed by atoms with Crippen LogP contribution in [0.4, 0.5) is 0 Å². The van der Waals surface area contributed by atoms with Gasteiger partial charge in [0.15, 0.2) is 0 Å². The van der Waals surface area contributed by atoms with Gasteiger partial charge in [0.25, 0.3) is 47.3 Å². The van der Waals surface area contributed by atoms with E-state index in [9.17, 15) is 38.4 Å². The quantitative estimate of drug-likeness (QED) is 0.389. The molecule has 0 saturated carbocycles. The maximum atomic E-state index is 11.4. The summed E-state index contributed by atoms with van der Waals surface area (Å²) < 4.78 is 0. The van der Waals surface area contributed by atoms with Crippen molar-refractivity contribution in [3.8, 4) is 0 Å². The summed E-state index contributed by atoms with van der Waals surface area (Å²) in [5.74, 6) is -1.72. The summed E-state index contributed by atoms with van der Waals surface area (Å²) in [7, 11) is 0. The zero-order chi connectivity index (χ0) is 35.2. The normalized spacial score (nSPS) is 17.5. The van der Waals surface area contributed by atoms with Gasteiger partial charge in [0.2, 0.25) is 0 Å². The van der Waals surface area contributed by atoms with Gasteiger partial charge in [-0.15, -0.1) is 0 Å². The van der Waals surface area contributed by atoms with E-state index in [4.69, 9.17) is 11.6 Å². The molecule has 0 spiro atoms. The largest absolute Gasteiger partial charge is 0.273 e. The Morgan fingerprint density at radius 3 is 0.936 bits per heavy atom. The Morgan fingerprint density at radius 2 is 0.766 bits per heavy atom. The second-order valence-corrected chi connectivity index (χ2v) is 12.1. The monoisotopic (exact) mass is 678 g/mol. The third-order valence-corrected chi connectivity index (χ3v) is 7.40. The van der Waals surface area contributed by atoms with Gasteiger partial charge in [0, 0.05) is 64.7 Å². The van der Waals surface area contributed by atoms with E-state index in [2.05, 4.69) is 0 Å². The number of rotatable bonds is 4. The standard InChI is InChI=1S/C9H13NO2.C8H10ClNO2.C8H11NO2.C7H9NO2.2CH4/c1-5(2)10-8(11)6(3)7(4)9(10)12;1-4(2)10-7(11)5(3)6(9)8(10)12;1-5(2)9-7(10)4-6(3)8(9)11;1-5(2)8-6(9)3-4-7(8)10;;/h5H,1-4H3;4H,1-3H3;4-5H,1-3H3;3-5H,1-2H3;2*1H4. The lowest BCUT2D eigenvalue weighted by atomic mass is 10.2. The third-order valence-electron chi connectivity index (χ3n) is 6.96. The van der Waals surface area contributed by atoms with Crippen molar-refractivity contribution >= 4 is 58.9 Å². The SMILES string of the molecule is C.C.CC(C)N1C(=O)C=CC1=O.CC1=C(C)C(=O)N(C(C)C)C1=O.CC1=C(Cl)C(=O)N(C(C)C)C1=O.CC1=CC(=O)N(C(C)C)C1=O. The van der Waals surface area contributed by atoms with Gasteiger partial charge in [-0.3, -0.25) is 58.0 Å². The number of carbonyl (C=O) groups excluding carboxylic acids is 8. The Balaban J connectivity index is 0. The highest BCUT2D eigenvalue weighted by atomic mass is 35.5. The van der Waals surface area contributed by atoms with Crippen LogP contribution in [-0.4, -0.2) is 91.0 Å². The van der Waals surface area contributed by atoms with Gasteiger partial charge in [0.05, 0.1) is 0 Å². The van der Waals surface area contributed by atoms with Gasteiger partial charge in [-0.25, -0.2) is 0 Å². The molecule has 262 valence electrons. The maximum absolute atomic E-state index is 11.4. The summed E-state index contributed by atoms with van der Waals surface area (Å²) in [6.07, 6.45) is 3.97. The third kappa shape index (κ3) is 10.1. The lowest BCUT2D eigenvalue weighted by Gasteiger charge is -2.18. The number of nitrogens with zero attached hydrogens (tertiary/aromatic N) is 4. The summed E-state index contributed by atoms with van der Waals surface area (Å²) in [5.41, 5.74) is 2.03. The van der Waals surface area contributed by atoms with E-state index >= 15 is 0 Å². The molecule has 12 nitrogen and oxygen atoms in total. The second kappa shape index (κ2) is 18.2. The molecule has 4 aliphatic rings. The molecule has 47 heavy (non-hydrogen) atoms. The molecule has 0 aromatic heterocycles. The van der Waals surface area contributed by atoms with Crippen LogP contribution < -0.4 is 0 Å². The van der Waals surface area contributed by atoms with Gasteiger partial charge in [-0.05, 0) is 83.1 Å². The van der Waals surface area contributed by atoms with Crippen molar-refractivity contribution in [3.05, 3.63) is 45.6 Å². The summed E-state index contributed by atoms with van der Waals surface area (Å²) in [6, 6.07) is -0.243. The zero-order valence-electron chi connectivity index (χ0n) is 28.0. The summed E-state index contributed by atoms with van der Waals surface area (Å²) >= 11 is 5.61. The van der Waals surface area contributed by atoms with E-state index in [1.54, 1.807) is 41.5 Å². The summed E-state index contributed by atoms with van der Waals surface area (Å²) in [4.78, 5) is 94.3. The lowest BCUT2D eigenvalue weighted by Crippen LogP contribution is -2.37. The average Bonchev–Trinajstić information content (AvgIpc) is 3.54. The highest BCUT2D eigenvalue weighted by molar-refractivity contribution is 6.47. The first-order chi connectivity index (χ1) is 20.6. The summed E-state index contributed by atoms with van der Waals surface area (Å²) in [6.45, 7) is 21.1. The molecule has 0 aromatic carbocycles. The summed E-state index contributed by atoms with van der Waals surface area (Å²) in [5, 5.41) is 0.0497. The molecule has 0 fully saturated rings. The first-order valence-corrected chi connectivity index (χ1v) is 14.9. The zero-order valence-corrected chi connectivity index (χ0v) is 28.7. The second-order valence-electron chi connectivity index (χ2n) is 11.7. The molecule has 4 heterocycles. The average molecular weight is 679 g/mol. The van der Waals surface area contributed by atoms with Gasteiger partial charge in [-0.2, -0.15) is 0 Å². The van der Waals surface area contributed by atoms with E-state index in [0.29, 0.717) is 22.3 Å². The minimum absolute atomic E-state index is 0. The van der Waals surface area contributed by atoms with E-state index in [0.717, 1.165) is 4.90 Å². The number of carbonyl (C=O) groups is 8. The lowest BCUT2D eigenvalue weighted by molar-refractivity contribution is -0.141. The minimum Gasteiger partial charge on any atom is -0.273 e. The van der Waals surface area contributed by atoms with E-state index in [1.807, 2.05) is 41.5 Å². The smallest absolute Gasteiger partial charge is 0.272 e. The topological polar surface area (TPSA) is 150 Å². The Hall–Kier alpha value is -4.19. The molecule has 0 aromatic rings. The van der Waals surface area contributed by atoms with Crippen LogP contribution in [0.1, 0.15) is 97.9 Å². The van der Waals surface area contributed by atoms with Crippen molar-refractivity contribution in [1.82, 2.24) is 19.6 Å². The number of halogens is 1. The predicted octanol–water partition coefficient (Wildman–Crippen LogP) is 4.68. The van der Waals surface area contributed by atoms with Crippen LogP contribution in [0.5, 0.6) is 0 Å². The first kappa shape index (κ1) is 44.9. The molecule has 0 aliphatic carbocycles. The van der Waals surface area contributed by atoms with E-state index in [-0.39, 0.29) is 91.3 Å². The van der Waals surface area contributed by atoms with Crippen LogP contribution in [-0.2, 0) is 38.4 Å². The van der Waals surface area contributed by atoms with Crippen LogP contribution in [0.3, 0.4) is 0 Å². The molecular weight excluding hydrogens is 628 g/mol. The van der Waals surface area contributed by atoms with Crippen LogP contribution >= 0.6 is 11.6 Å². The molecule has 13 heteroatoms. The number of amides is 8. The fourth-order valence-electron chi connectivity index (χ4n) is 4.36. The number of hydrogen-bond donors (Lipinski definition) is 0. The van der Waals surface area contributed by atoms with Gasteiger partial charge < -0.3 is 0 Å². The highest BCUT2D eigenvalue weighted by Gasteiger charge is 2.37. The Kier molecular flexibility index (Phi) is 17.4. The first-order valence-electron chi connectivity index (χ1n) is 14.5. The van der Waals surface area contributed by atoms with Crippen molar-refractivity contribution in [2.75, 3.05) is 0 Å². The molecule has 0 bridgehead atoms. The van der Waals surface area contributed by atoms with Crippen molar-refractivity contribution in [2.24, 2.45) is 0 Å². The van der Waals surface area contributed by atoms with Crippen molar-refractivity contribution < 1.29 is 38.4 Å². The molecule has 0 radical (unpaired) electrons.